The van der Waals surface area contributed by atoms with Crippen LogP contribution in [0, 0.1) is 6.92 Å². The molecule has 0 unspecified atom stereocenters. The summed E-state index contributed by atoms with van der Waals surface area (Å²) in [7, 11) is 0. The molecule has 1 aromatic rings. The lowest BCUT2D eigenvalue weighted by atomic mass is 10.1. The van der Waals surface area contributed by atoms with E-state index in [9.17, 15) is 9.90 Å². The van der Waals surface area contributed by atoms with Gasteiger partial charge in [0.2, 0.25) is 0 Å². The fourth-order valence-corrected chi connectivity index (χ4v) is 2.78. The number of hydrogen-bond acceptors (Lipinski definition) is 3. The molecule has 2 N–H and O–H groups in total. The van der Waals surface area contributed by atoms with E-state index in [1.807, 2.05) is 0 Å². The van der Waals surface area contributed by atoms with Gasteiger partial charge in [-0.15, -0.1) is 0 Å². The minimum Gasteiger partial charge on any atom is -0.507 e. The molecule has 0 saturated heterocycles. The normalized spacial score (nSPS) is 10.8. The molecule has 0 spiro atoms. The standard InChI is InChI=1S/C20H32O4/c1-3-4-5-6-7-8-9-10-11-12-13-24-19-15-18(21)17(20(22)23)14-16(19)2/h14-15,21H,3-13H2,1-2H3,(H,22,23). The van der Waals surface area contributed by atoms with Crippen molar-refractivity contribution in [3.05, 3.63) is 23.3 Å². The lowest BCUT2D eigenvalue weighted by molar-refractivity contribution is 0.0693. The average molecular weight is 336 g/mol. The zero-order valence-electron chi connectivity index (χ0n) is 15.1. The molecule has 24 heavy (non-hydrogen) atoms. The smallest absolute Gasteiger partial charge is 0.339 e. The van der Waals surface area contributed by atoms with Crippen molar-refractivity contribution in [2.45, 2.75) is 78.1 Å². The molecule has 4 heteroatoms. The van der Waals surface area contributed by atoms with Crippen LogP contribution in [0.1, 0.15) is 87.1 Å². The highest BCUT2D eigenvalue weighted by Gasteiger charge is 2.13. The van der Waals surface area contributed by atoms with E-state index in [0.717, 1.165) is 18.4 Å². The summed E-state index contributed by atoms with van der Waals surface area (Å²) in [6.07, 6.45) is 12.7. The number of phenols is 1. The van der Waals surface area contributed by atoms with Crippen LogP contribution < -0.4 is 4.74 Å². The topological polar surface area (TPSA) is 66.8 Å². The second-order valence-electron chi connectivity index (χ2n) is 6.47. The second-order valence-corrected chi connectivity index (χ2v) is 6.47. The SMILES string of the molecule is CCCCCCCCCCCCOc1cc(O)c(C(=O)O)cc1C. The number of aromatic hydroxyl groups is 1. The van der Waals surface area contributed by atoms with Crippen molar-refractivity contribution in [3.8, 4) is 11.5 Å². The monoisotopic (exact) mass is 336 g/mol. The van der Waals surface area contributed by atoms with Crippen molar-refractivity contribution in [2.75, 3.05) is 6.61 Å². The predicted molar refractivity (Wildman–Crippen MR) is 97.1 cm³/mol. The Morgan fingerprint density at radius 3 is 2.04 bits per heavy atom. The summed E-state index contributed by atoms with van der Waals surface area (Å²) < 4.78 is 5.67. The number of carboxylic acid groups (broad SMARTS) is 1. The van der Waals surface area contributed by atoms with E-state index in [4.69, 9.17) is 9.84 Å². The second kappa shape index (κ2) is 11.8. The van der Waals surface area contributed by atoms with E-state index in [2.05, 4.69) is 6.92 Å². The van der Waals surface area contributed by atoms with Gasteiger partial charge in [-0.2, -0.15) is 0 Å². The Morgan fingerprint density at radius 2 is 1.50 bits per heavy atom. The fourth-order valence-electron chi connectivity index (χ4n) is 2.78. The van der Waals surface area contributed by atoms with E-state index in [1.54, 1.807) is 6.92 Å². The van der Waals surface area contributed by atoms with Crippen LogP contribution in [0.15, 0.2) is 12.1 Å². The van der Waals surface area contributed by atoms with E-state index in [1.165, 1.54) is 63.5 Å². The van der Waals surface area contributed by atoms with E-state index in [-0.39, 0.29) is 11.3 Å². The van der Waals surface area contributed by atoms with Crippen molar-refractivity contribution in [1.29, 1.82) is 0 Å². The first-order valence-electron chi connectivity index (χ1n) is 9.26. The van der Waals surface area contributed by atoms with Gasteiger partial charge in [-0.05, 0) is 25.0 Å². The molecule has 0 amide bonds. The van der Waals surface area contributed by atoms with Gasteiger partial charge >= 0.3 is 5.97 Å². The summed E-state index contributed by atoms with van der Waals surface area (Å²) in [4.78, 5) is 10.9. The molecule has 0 aromatic heterocycles. The third-order valence-corrected chi connectivity index (χ3v) is 4.28. The van der Waals surface area contributed by atoms with Crippen LogP contribution in [0.2, 0.25) is 0 Å². The van der Waals surface area contributed by atoms with Crippen molar-refractivity contribution in [2.24, 2.45) is 0 Å². The Bertz CT molecular complexity index is 497. The molecular formula is C20H32O4. The first-order chi connectivity index (χ1) is 11.6. The Balaban J connectivity index is 2.13. The quantitative estimate of drug-likeness (QED) is 0.453. The molecule has 0 fully saturated rings. The molecular weight excluding hydrogens is 304 g/mol. The molecule has 4 nitrogen and oxygen atoms in total. The summed E-state index contributed by atoms with van der Waals surface area (Å²) in [5.41, 5.74) is 0.649. The van der Waals surface area contributed by atoms with Crippen LogP contribution >= 0.6 is 0 Å². The van der Waals surface area contributed by atoms with Gasteiger partial charge in [0.1, 0.15) is 17.1 Å². The Kier molecular flexibility index (Phi) is 9.97. The average Bonchev–Trinajstić information content (AvgIpc) is 2.55. The number of unbranched alkanes of at least 4 members (excludes halogenated alkanes) is 9. The third kappa shape index (κ3) is 7.71. The third-order valence-electron chi connectivity index (χ3n) is 4.28. The molecule has 136 valence electrons. The van der Waals surface area contributed by atoms with Crippen molar-refractivity contribution < 1.29 is 19.7 Å². The molecule has 0 bridgehead atoms. The zero-order chi connectivity index (χ0) is 17.8. The highest BCUT2D eigenvalue weighted by atomic mass is 16.5. The number of rotatable bonds is 13. The maximum Gasteiger partial charge on any atom is 0.339 e. The summed E-state index contributed by atoms with van der Waals surface area (Å²) in [5.74, 6) is -0.809. The number of carboxylic acids is 1. The van der Waals surface area contributed by atoms with Gasteiger partial charge in [-0.25, -0.2) is 4.79 Å². The molecule has 0 aliphatic heterocycles. The number of carbonyl (C=O) groups is 1. The lowest BCUT2D eigenvalue weighted by Gasteiger charge is -2.11. The predicted octanol–water partition coefficient (Wildman–Crippen LogP) is 5.70. The number of benzene rings is 1. The van der Waals surface area contributed by atoms with Crippen LogP contribution in [0.25, 0.3) is 0 Å². The van der Waals surface area contributed by atoms with Gasteiger partial charge in [0.25, 0.3) is 0 Å². The zero-order valence-corrected chi connectivity index (χ0v) is 15.1. The summed E-state index contributed by atoms with van der Waals surface area (Å²) in [5, 5.41) is 18.7. The Morgan fingerprint density at radius 1 is 0.958 bits per heavy atom. The van der Waals surface area contributed by atoms with Gasteiger partial charge < -0.3 is 14.9 Å². The molecule has 0 heterocycles. The minimum absolute atomic E-state index is 0.0845. The number of aryl methyl sites for hydroxylation is 1. The fraction of sp³-hybridized carbons (Fsp3) is 0.650. The molecule has 1 rings (SSSR count). The van der Waals surface area contributed by atoms with Crippen molar-refractivity contribution in [3.63, 3.8) is 0 Å². The number of ether oxygens (including phenoxy) is 1. The lowest BCUT2D eigenvalue weighted by Crippen LogP contribution is -2.02. The maximum atomic E-state index is 10.9. The summed E-state index contributed by atoms with van der Waals surface area (Å²) in [6.45, 7) is 4.63. The minimum atomic E-state index is -1.13. The largest absolute Gasteiger partial charge is 0.507 e. The van der Waals surface area contributed by atoms with Crippen LogP contribution in [0.3, 0.4) is 0 Å². The molecule has 0 atom stereocenters. The van der Waals surface area contributed by atoms with Gasteiger partial charge in [-0.1, -0.05) is 64.7 Å². The summed E-state index contributed by atoms with van der Waals surface area (Å²) in [6, 6.07) is 2.85. The first kappa shape index (κ1) is 20.3. The molecule has 1 aromatic carbocycles. The van der Waals surface area contributed by atoms with Gasteiger partial charge in [0.15, 0.2) is 0 Å². The van der Waals surface area contributed by atoms with Crippen LogP contribution in [-0.2, 0) is 0 Å². The van der Waals surface area contributed by atoms with Gasteiger partial charge in [-0.3, -0.25) is 0 Å². The highest BCUT2D eigenvalue weighted by molar-refractivity contribution is 5.91. The van der Waals surface area contributed by atoms with Crippen molar-refractivity contribution in [1.82, 2.24) is 0 Å². The van der Waals surface area contributed by atoms with E-state index < -0.39 is 5.97 Å². The van der Waals surface area contributed by atoms with E-state index >= 15 is 0 Å². The van der Waals surface area contributed by atoms with Crippen molar-refractivity contribution >= 4 is 5.97 Å². The number of aromatic carboxylic acids is 1. The van der Waals surface area contributed by atoms with Crippen LogP contribution in [0.4, 0.5) is 0 Å². The molecule has 0 aliphatic rings. The summed E-state index contributed by atoms with van der Waals surface area (Å²) >= 11 is 0. The van der Waals surface area contributed by atoms with Crippen LogP contribution in [-0.4, -0.2) is 22.8 Å². The molecule has 0 radical (unpaired) electrons. The van der Waals surface area contributed by atoms with E-state index in [0.29, 0.717) is 12.4 Å². The maximum absolute atomic E-state index is 10.9. The Hall–Kier alpha value is -1.71. The number of hydrogen-bond donors (Lipinski definition) is 2. The van der Waals surface area contributed by atoms with Gasteiger partial charge in [0.05, 0.1) is 6.61 Å². The Labute approximate surface area is 145 Å². The van der Waals surface area contributed by atoms with Gasteiger partial charge in [0, 0.05) is 6.07 Å². The first-order valence-corrected chi connectivity index (χ1v) is 9.26. The van der Waals surface area contributed by atoms with Crippen LogP contribution in [0.5, 0.6) is 11.5 Å². The molecule has 0 saturated carbocycles. The highest BCUT2D eigenvalue weighted by Crippen LogP contribution is 2.28. The molecule has 0 aliphatic carbocycles.